The molecule has 198 valence electrons. The first-order chi connectivity index (χ1) is 16.5. The molecule has 4 fully saturated rings. The average Bonchev–Trinajstić information content (AvgIpc) is 3.15. The number of fused-ring (bicyclic) bond motifs is 5. The van der Waals surface area contributed by atoms with E-state index in [4.69, 9.17) is 9.94 Å². The summed E-state index contributed by atoms with van der Waals surface area (Å²) in [4.78, 5) is 39.6. The van der Waals surface area contributed by atoms with Gasteiger partial charge >= 0.3 is 5.97 Å². The van der Waals surface area contributed by atoms with Gasteiger partial charge in [-0.15, -0.1) is 0 Å². The van der Waals surface area contributed by atoms with E-state index in [9.17, 15) is 19.5 Å². The highest BCUT2D eigenvalue weighted by molar-refractivity contribution is 6.37. The zero-order chi connectivity index (χ0) is 25.5. The van der Waals surface area contributed by atoms with E-state index < -0.39 is 17.5 Å². The van der Waals surface area contributed by atoms with Gasteiger partial charge in [-0.25, -0.2) is 0 Å². The summed E-state index contributed by atoms with van der Waals surface area (Å²) in [7, 11) is 0. The summed E-state index contributed by atoms with van der Waals surface area (Å²) in [5, 5.41) is 20.7. The van der Waals surface area contributed by atoms with Crippen molar-refractivity contribution in [1.82, 2.24) is 5.48 Å². The second-order valence-corrected chi connectivity index (χ2v) is 12.7. The second-order valence-electron chi connectivity index (χ2n) is 12.7. The van der Waals surface area contributed by atoms with Crippen LogP contribution in [0.5, 0.6) is 0 Å². The maximum Gasteiger partial charge on any atom is 0.303 e. The maximum atomic E-state index is 11.6. The second kappa shape index (κ2) is 10.2. The Kier molecular flexibility index (Phi) is 7.81. The molecule has 7 heteroatoms. The van der Waals surface area contributed by atoms with Crippen LogP contribution in [0.3, 0.4) is 0 Å². The summed E-state index contributed by atoms with van der Waals surface area (Å²) in [6, 6.07) is 0. The van der Waals surface area contributed by atoms with E-state index in [0.717, 1.165) is 51.4 Å². The third-order valence-corrected chi connectivity index (χ3v) is 11.1. The summed E-state index contributed by atoms with van der Waals surface area (Å²) in [5.41, 5.74) is 3.09. The summed E-state index contributed by atoms with van der Waals surface area (Å²) in [5.74, 6) is 1.04. The first kappa shape index (κ1) is 26.7. The molecule has 0 aromatic carbocycles. The molecule has 10 atom stereocenters. The van der Waals surface area contributed by atoms with E-state index in [-0.39, 0.29) is 36.0 Å². The minimum atomic E-state index is -0.706. The highest BCUT2D eigenvalue weighted by atomic mass is 16.7. The van der Waals surface area contributed by atoms with E-state index in [1.807, 2.05) is 0 Å². The minimum Gasteiger partial charge on any atom is -0.481 e. The van der Waals surface area contributed by atoms with Crippen molar-refractivity contribution in [2.24, 2.45) is 46.3 Å². The number of ketones is 2. The number of carboxylic acid groups (broad SMARTS) is 1. The molecular weight excluding hydrogens is 446 g/mol. The number of Topliss-reactive ketones (excluding diaryl/α,β-unsaturated/α-hetero) is 2. The summed E-state index contributed by atoms with van der Waals surface area (Å²) >= 11 is 0. The van der Waals surface area contributed by atoms with Gasteiger partial charge in [0.25, 0.3) is 0 Å². The molecule has 0 spiro atoms. The number of hydroxylamine groups is 1. The standard InChI is InChI=1S/C28H45NO6/c1-16(5-8-25(33)34)20-6-7-21-26-22(10-12-28(20,21)4)27(3)11-9-19(13-18(27)14-23(26)31)35-29-15-24(32)17(2)30/h16,18-23,26,29,31H,5-15H2,1-4H3,(H,33,34)/t16-,18-,19+,20?,21?,22?,23+,26?,27-,28+/m0/s1. The Morgan fingerprint density at radius 2 is 1.71 bits per heavy atom. The molecule has 0 radical (unpaired) electrons. The van der Waals surface area contributed by atoms with Crippen LogP contribution in [0.15, 0.2) is 0 Å². The van der Waals surface area contributed by atoms with Crippen molar-refractivity contribution < 1.29 is 29.4 Å². The van der Waals surface area contributed by atoms with E-state index in [1.54, 1.807) is 0 Å². The van der Waals surface area contributed by atoms with Crippen molar-refractivity contribution in [1.29, 1.82) is 0 Å². The van der Waals surface area contributed by atoms with Gasteiger partial charge in [-0.05, 0) is 104 Å². The van der Waals surface area contributed by atoms with Crippen LogP contribution in [-0.2, 0) is 19.2 Å². The molecule has 4 saturated carbocycles. The molecule has 0 amide bonds. The lowest BCUT2D eigenvalue weighted by Crippen LogP contribution is -2.59. The molecule has 0 heterocycles. The topological polar surface area (TPSA) is 113 Å². The minimum absolute atomic E-state index is 0.00335. The van der Waals surface area contributed by atoms with Crippen molar-refractivity contribution in [3.05, 3.63) is 0 Å². The van der Waals surface area contributed by atoms with Crippen LogP contribution in [0.1, 0.15) is 91.9 Å². The van der Waals surface area contributed by atoms with Crippen LogP contribution in [0.25, 0.3) is 0 Å². The molecule has 0 aromatic heterocycles. The van der Waals surface area contributed by atoms with Crippen LogP contribution in [0.4, 0.5) is 0 Å². The molecule has 0 aromatic rings. The summed E-state index contributed by atoms with van der Waals surface area (Å²) < 4.78 is 0. The molecule has 0 saturated heterocycles. The summed E-state index contributed by atoms with van der Waals surface area (Å²) in [6.45, 7) is 8.29. The number of aliphatic hydroxyl groups excluding tert-OH is 1. The Morgan fingerprint density at radius 3 is 2.40 bits per heavy atom. The SMILES string of the molecule is CC(=O)C(=O)CNO[C@@H]1CC[C@]2(C)C3CC[C@@]4(C)C(CCC4[C@@H](C)CCC(=O)O)C3[C@H](O)C[C@@H]2C1. The number of carbonyl (C=O) groups is 3. The molecule has 4 rings (SSSR count). The van der Waals surface area contributed by atoms with Gasteiger partial charge in [0.05, 0.1) is 18.8 Å². The lowest BCUT2D eigenvalue weighted by Gasteiger charge is -2.62. The zero-order valence-electron chi connectivity index (χ0n) is 21.9. The molecule has 35 heavy (non-hydrogen) atoms. The van der Waals surface area contributed by atoms with Gasteiger partial charge < -0.3 is 10.2 Å². The Morgan fingerprint density at radius 1 is 1.03 bits per heavy atom. The average molecular weight is 492 g/mol. The highest BCUT2D eigenvalue weighted by Gasteiger charge is 2.63. The number of aliphatic hydroxyl groups is 1. The Labute approximate surface area is 209 Å². The number of hydrogen-bond acceptors (Lipinski definition) is 6. The van der Waals surface area contributed by atoms with Crippen molar-refractivity contribution in [3.8, 4) is 0 Å². The number of hydrogen-bond donors (Lipinski definition) is 3. The normalized spacial score (nSPS) is 43.5. The number of rotatable bonds is 9. The Bertz CT molecular complexity index is 830. The summed E-state index contributed by atoms with van der Waals surface area (Å²) in [6.07, 6.45) is 8.94. The van der Waals surface area contributed by atoms with Gasteiger partial charge in [-0.1, -0.05) is 20.8 Å². The van der Waals surface area contributed by atoms with E-state index in [1.165, 1.54) is 13.3 Å². The van der Waals surface area contributed by atoms with Crippen molar-refractivity contribution in [3.63, 3.8) is 0 Å². The molecule has 4 aliphatic carbocycles. The number of aliphatic carboxylic acids is 1. The molecule has 4 aliphatic rings. The van der Waals surface area contributed by atoms with E-state index >= 15 is 0 Å². The molecule has 3 N–H and O–H groups in total. The monoisotopic (exact) mass is 491 g/mol. The van der Waals surface area contributed by atoms with Gasteiger partial charge in [0, 0.05) is 13.3 Å². The lowest BCUT2D eigenvalue weighted by atomic mass is 9.43. The van der Waals surface area contributed by atoms with Crippen LogP contribution in [-0.4, -0.2) is 46.5 Å². The third-order valence-electron chi connectivity index (χ3n) is 11.1. The maximum absolute atomic E-state index is 11.6. The zero-order valence-corrected chi connectivity index (χ0v) is 21.9. The third kappa shape index (κ3) is 4.97. The van der Waals surface area contributed by atoms with Crippen molar-refractivity contribution in [2.45, 2.75) is 104 Å². The highest BCUT2D eigenvalue weighted by Crippen LogP contribution is 2.68. The number of nitrogens with one attached hydrogen (secondary N) is 1. The van der Waals surface area contributed by atoms with Gasteiger partial charge in [-0.2, -0.15) is 5.48 Å². The predicted molar refractivity (Wildman–Crippen MR) is 131 cm³/mol. The number of carboxylic acids is 1. The Hall–Kier alpha value is -1.31. The first-order valence-electron chi connectivity index (χ1n) is 13.8. The fourth-order valence-corrected chi connectivity index (χ4v) is 9.17. The molecule has 0 bridgehead atoms. The largest absolute Gasteiger partial charge is 0.481 e. The number of carbonyl (C=O) groups excluding carboxylic acids is 2. The molecule has 0 aliphatic heterocycles. The van der Waals surface area contributed by atoms with Crippen LogP contribution >= 0.6 is 0 Å². The Balaban J connectivity index is 1.42. The fraction of sp³-hybridized carbons (Fsp3) is 0.893. The molecular formula is C28H45NO6. The van der Waals surface area contributed by atoms with E-state index in [2.05, 4.69) is 26.3 Å². The van der Waals surface area contributed by atoms with E-state index in [0.29, 0.717) is 35.5 Å². The first-order valence-corrected chi connectivity index (χ1v) is 13.8. The van der Waals surface area contributed by atoms with Crippen LogP contribution in [0.2, 0.25) is 0 Å². The fourth-order valence-electron chi connectivity index (χ4n) is 9.17. The smallest absolute Gasteiger partial charge is 0.303 e. The van der Waals surface area contributed by atoms with Gasteiger partial charge in [0.15, 0.2) is 5.78 Å². The van der Waals surface area contributed by atoms with Crippen LogP contribution < -0.4 is 5.48 Å². The van der Waals surface area contributed by atoms with Gasteiger partial charge in [0.2, 0.25) is 5.78 Å². The predicted octanol–water partition coefficient (Wildman–Crippen LogP) is 4.16. The van der Waals surface area contributed by atoms with Gasteiger partial charge in [-0.3, -0.25) is 19.2 Å². The molecule has 7 nitrogen and oxygen atoms in total. The molecule has 4 unspecified atom stereocenters. The van der Waals surface area contributed by atoms with Crippen molar-refractivity contribution >= 4 is 17.5 Å². The van der Waals surface area contributed by atoms with Gasteiger partial charge in [0.1, 0.15) is 0 Å². The van der Waals surface area contributed by atoms with Crippen LogP contribution in [0, 0.1) is 46.3 Å². The quantitative estimate of drug-likeness (QED) is 0.328. The lowest BCUT2D eigenvalue weighted by molar-refractivity contribution is -0.184. The van der Waals surface area contributed by atoms with Crippen molar-refractivity contribution in [2.75, 3.05) is 6.54 Å².